The van der Waals surface area contributed by atoms with Crippen LogP contribution >= 0.6 is 23.2 Å². The van der Waals surface area contributed by atoms with Gasteiger partial charge in [-0.15, -0.1) is 0 Å². The molecule has 0 fully saturated rings. The van der Waals surface area contributed by atoms with Crippen LogP contribution in [0.5, 0.6) is 0 Å². The van der Waals surface area contributed by atoms with E-state index in [1.807, 2.05) is 6.92 Å². The molecule has 0 saturated heterocycles. The topological polar surface area (TPSA) is 97.6 Å². The van der Waals surface area contributed by atoms with E-state index in [0.29, 0.717) is 17.4 Å². The molecule has 0 aliphatic rings. The van der Waals surface area contributed by atoms with Crippen LogP contribution < -0.4 is 10.6 Å². The van der Waals surface area contributed by atoms with Crippen molar-refractivity contribution < 1.29 is 15.3 Å². The Morgan fingerprint density at radius 3 is 2.11 bits per heavy atom. The summed E-state index contributed by atoms with van der Waals surface area (Å²) in [5, 5.41) is 34.1. The zero-order valence-corrected chi connectivity index (χ0v) is 12.0. The van der Waals surface area contributed by atoms with Crippen LogP contribution in [0.3, 0.4) is 0 Å². The van der Waals surface area contributed by atoms with E-state index in [0.717, 1.165) is 0 Å². The lowest BCUT2D eigenvalue weighted by Gasteiger charge is -2.29. The van der Waals surface area contributed by atoms with Gasteiger partial charge in [0.1, 0.15) is 17.2 Å². The fraction of sp³-hybridized carbons (Fsp3) is 0.545. The molecule has 0 unspecified atom stereocenters. The summed E-state index contributed by atoms with van der Waals surface area (Å²) in [6.45, 7) is 1.09. The highest BCUT2D eigenvalue weighted by molar-refractivity contribution is 6.37. The molecule has 6 nitrogen and oxygen atoms in total. The van der Waals surface area contributed by atoms with Crippen LogP contribution in [0.1, 0.15) is 6.92 Å². The standard InChI is InChI=1S/C11H17Cl2N3O3/c1-2-14-9-7(12)3-8(13)10(15-9)16-11(4-17,5-18)6-19/h3,17-19H,2,4-6H2,1H3,(H2,14,15,16). The fourth-order valence-electron chi connectivity index (χ4n) is 1.37. The van der Waals surface area contributed by atoms with Crippen molar-refractivity contribution in [2.45, 2.75) is 12.5 Å². The summed E-state index contributed by atoms with van der Waals surface area (Å²) < 4.78 is 0. The van der Waals surface area contributed by atoms with Crippen molar-refractivity contribution in [3.05, 3.63) is 16.1 Å². The van der Waals surface area contributed by atoms with Gasteiger partial charge in [0.2, 0.25) is 0 Å². The van der Waals surface area contributed by atoms with Crippen LogP contribution in [0.2, 0.25) is 10.0 Å². The Morgan fingerprint density at radius 1 is 1.11 bits per heavy atom. The van der Waals surface area contributed by atoms with Crippen molar-refractivity contribution in [1.29, 1.82) is 0 Å². The minimum absolute atomic E-state index is 0.221. The van der Waals surface area contributed by atoms with Crippen molar-refractivity contribution in [2.24, 2.45) is 0 Å². The third kappa shape index (κ3) is 3.84. The number of rotatable bonds is 7. The maximum Gasteiger partial charge on any atom is 0.148 e. The SMILES string of the molecule is CCNc1nc(NC(CO)(CO)CO)c(Cl)cc1Cl. The van der Waals surface area contributed by atoms with Crippen molar-refractivity contribution in [3.8, 4) is 0 Å². The lowest BCUT2D eigenvalue weighted by molar-refractivity contribution is 0.0831. The van der Waals surface area contributed by atoms with E-state index >= 15 is 0 Å². The van der Waals surface area contributed by atoms with Crippen LogP contribution in [-0.4, -0.2) is 52.2 Å². The van der Waals surface area contributed by atoms with Gasteiger partial charge in [0, 0.05) is 6.54 Å². The second-order valence-electron chi connectivity index (χ2n) is 4.06. The lowest BCUT2D eigenvalue weighted by Crippen LogP contribution is -2.49. The first kappa shape index (κ1) is 16.3. The van der Waals surface area contributed by atoms with Crippen molar-refractivity contribution in [3.63, 3.8) is 0 Å². The Hall–Kier alpha value is -0.790. The van der Waals surface area contributed by atoms with E-state index in [4.69, 9.17) is 23.2 Å². The van der Waals surface area contributed by atoms with Gasteiger partial charge in [-0.1, -0.05) is 23.2 Å². The molecule has 8 heteroatoms. The van der Waals surface area contributed by atoms with E-state index in [2.05, 4.69) is 15.6 Å². The van der Waals surface area contributed by atoms with E-state index in [1.165, 1.54) is 6.07 Å². The van der Waals surface area contributed by atoms with Gasteiger partial charge in [-0.3, -0.25) is 0 Å². The molecule has 0 spiro atoms. The number of anilines is 2. The molecular formula is C11H17Cl2N3O3. The molecule has 1 heterocycles. The highest BCUT2D eigenvalue weighted by Crippen LogP contribution is 2.30. The van der Waals surface area contributed by atoms with Crippen molar-refractivity contribution in [2.75, 3.05) is 37.0 Å². The molecule has 0 aliphatic carbocycles. The van der Waals surface area contributed by atoms with Crippen LogP contribution in [0.25, 0.3) is 0 Å². The Bertz CT molecular complexity index is 420. The van der Waals surface area contributed by atoms with Gasteiger partial charge in [0.25, 0.3) is 0 Å². The smallest absolute Gasteiger partial charge is 0.148 e. The van der Waals surface area contributed by atoms with Crippen LogP contribution in [0.4, 0.5) is 11.6 Å². The van der Waals surface area contributed by atoms with Crippen LogP contribution in [0, 0.1) is 0 Å². The van der Waals surface area contributed by atoms with Gasteiger partial charge >= 0.3 is 0 Å². The summed E-state index contributed by atoms with van der Waals surface area (Å²) in [6.07, 6.45) is 0. The zero-order chi connectivity index (χ0) is 14.5. The molecule has 0 saturated carbocycles. The maximum absolute atomic E-state index is 9.26. The molecular weight excluding hydrogens is 293 g/mol. The summed E-state index contributed by atoms with van der Waals surface area (Å²) in [6, 6.07) is 1.49. The first-order valence-electron chi connectivity index (χ1n) is 5.72. The Morgan fingerprint density at radius 2 is 1.63 bits per heavy atom. The summed E-state index contributed by atoms with van der Waals surface area (Å²) in [4.78, 5) is 4.17. The number of pyridine rings is 1. The molecule has 0 atom stereocenters. The number of halogens is 2. The molecule has 0 aliphatic heterocycles. The molecule has 108 valence electrons. The Labute approximate surface area is 121 Å². The van der Waals surface area contributed by atoms with E-state index in [1.54, 1.807) is 0 Å². The molecule has 0 amide bonds. The molecule has 1 aromatic heterocycles. The lowest BCUT2D eigenvalue weighted by atomic mass is 10.0. The number of aliphatic hydroxyl groups is 3. The highest BCUT2D eigenvalue weighted by atomic mass is 35.5. The first-order valence-corrected chi connectivity index (χ1v) is 6.48. The number of hydrogen-bond acceptors (Lipinski definition) is 6. The predicted molar refractivity (Wildman–Crippen MR) is 76.0 cm³/mol. The maximum atomic E-state index is 9.26. The summed E-state index contributed by atoms with van der Waals surface area (Å²) in [5.74, 6) is 0.651. The van der Waals surface area contributed by atoms with E-state index < -0.39 is 25.4 Å². The number of aliphatic hydroxyl groups excluding tert-OH is 3. The molecule has 1 aromatic rings. The molecule has 19 heavy (non-hydrogen) atoms. The minimum Gasteiger partial charge on any atom is -0.394 e. The van der Waals surface area contributed by atoms with Crippen molar-refractivity contribution in [1.82, 2.24) is 4.98 Å². The molecule has 1 rings (SSSR count). The number of hydrogen-bond donors (Lipinski definition) is 5. The second-order valence-corrected chi connectivity index (χ2v) is 4.87. The van der Waals surface area contributed by atoms with E-state index in [-0.39, 0.29) is 10.8 Å². The fourth-order valence-corrected chi connectivity index (χ4v) is 1.84. The highest BCUT2D eigenvalue weighted by Gasteiger charge is 2.29. The average Bonchev–Trinajstić information content (AvgIpc) is 2.41. The summed E-state index contributed by atoms with van der Waals surface area (Å²) >= 11 is 12.0. The van der Waals surface area contributed by atoms with Gasteiger partial charge in [-0.2, -0.15) is 0 Å². The van der Waals surface area contributed by atoms with Crippen molar-refractivity contribution >= 4 is 34.8 Å². The molecule has 0 aromatic carbocycles. The molecule has 0 radical (unpaired) electrons. The monoisotopic (exact) mass is 309 g/mol. The van der Waals surface area contributed by atoms with Gasteiger partial charge in [-0.25, -0.2) is 4.98 Å². The summed E-state index contributed by atoms with van der Waals surface area (Å²) in [7, 11) is 0. The Kier molecular flexibility index (Phi) is 6.09. The second kappa shape index (κ2) is 7.12. The molecule has 0 bridgehead atoms. The van der Waals surface area contributed by atoms with Crippen LogP contribution in [-0.2, 0) is 0 Å². The third-order valence-corrected chi connectivity index (χ3v) is 3.14. The van der Waals surface area contributed by atoms with Gasteiger partial charge in [0.15, 0.2) is 0 Å². The molecule has 5 N–H and O–H groups in total. The largest absolute Gasteiger partial charge is 0.394 e. The number of nitrogens with one attached hydrogen (secondary N) is 2. The zero-order valence-electron chi connectivity index (χ0n) is 10.5. The predicted octanol–water partition coefficient (Wildman–Crippen LogP) is 0.948. The minimum atomic E-state index is -1.30. The summed E-state index contributed by atoms with van der Waals surface area (Å²) in [5.41, 5.74) is -1.30. The average molecular weight is 310 g/mol. The first-order chi connectivity index (χ1) is 9.01. The number of aromatic nitrogens is 1. The number of nitrogens with zero attached hydrogens (tertiary/aromatic N) is 1. The van der Waals surface area contributed by atoms with Gasteiger partial charge in [0.05, 0.1) is 29.9 Å². The Balaban J connectivity index is 3.09. The quantitative estimate of drug-likeness (QED) is 0.514. The van der Waals surface area contributed by atoms with Gasteiger partial charge in [-0.05, 0) is 13.0 Å². The third-order valence-electron chi connectivity index (χ3n) is 2.57. The van der Waals surface area contributed by atoms with E-state index in [9.17, 15) is 15.3 Å². The van der Waals surface area contributed by atoms with Crippen LogP contribution in [0.15, 0.2) is 6.07 Å². The normalized spacial score (nSPS) is 11.5. The van der Waals surface area contributed by atoms with Gasteiger partial charge < -0.3 is 26.0 Å².